The molecule has 3 rings (SSSR count). The van der Waals surface area contributed by atoms with Gasteiger partial charge in [0.1, 0.15) is 5.82 Å². The van der Waals surface area contributed by atoms with Crippen molar-refractivity contribution in [2.24, 2.45) is 5.73 Å². The minimum absolute atomic E-state index is 0.323. The summed E-state index contributed by atoms with van der Waals surface area (Å²) >= 11 is 2.11. The maximum Gasteiger partial charge on any atom is 0.110 e. The van der Waals surface area contributed by atoms with Gasteiger partial charge in [-0.2, -0.15) is 11.8 Å². The molecule has 3 nitrogen and oxygen atoms in total. The van der Waals surface area contributed by atoms with Gasteiger partial charge in [0.2, 0.25) is 0 Å². The first-order valence-corrected chi connectivity index (χ1v) is 7.28. The third-order valence-corrected chi connectivity index (χ3v) is 4.95. The van der Waals surface area contributed by atoms with Crippen LogP contribution in [0.2, 0.25) is 0 Å². The van der Waals surface area contributed by atoms with Crippen molar-refractivity contribution in [1.82, 2.24) is 9.55 Å². The Bertz CT molecular complexity index is 368. The fourth-order valence-electron chi connectivity index (χ4n) is 2.65. The molecule has 2 atom stereocenters. The lowest BCUT2D eigenvalue weighted by molar-refractivity contribution is 0.463. The molecule has 1 fully saturated rings. The molecule has 0 aliphatic carbocycles. The molecule has 0 amide bonds. The second-order valence-electron chi connectivity index (χ2n) is 4.93. The summed E-state index contributed by atoms with van der Waals surface area (Å²) in [6.45, 7) is 1.06. The van der Waals surface area contributed by atoms with Crippen LogP contribution in [0.25, 0.3) is 0 Å². The van der Waals surface area contributed by atoms with Crippen molar-refractivity contribution >= 4 is 11.8 Å². The Morgan fingerprint density at radius 3 is 3.25 bits per heavy atom. The van der Waals surface area contributed by atoms with Crippen molar-refractivity contribution in [3.8, 4) is 0 Å². The highest BCUT2D eigenvalue weighted by atomic mass is 32.2. The van der Waals surface area contributed by atoms with Gasteiger partial charge in [-0.3, -0.25) is 0 Å². The van der Waals surface area contributed by atoms with E-state index in [4.69, 9.17) is 10.7 Å². The molecule has 3 heterocycles. The Balaban J connectivity index is 1.71. The predicted molar refractivity (Wildman–Crippen MR) is 67.7 cm³/mol. The number of aromatic nitrogens is 2. The van der Waals surface area contributed by atoms with Crippen LogP contribution >= 0.6 is 11.8 Å². The Kier molecular flexibility index (Phi) is 2.94. The van der Waals surface area contributed by atoms with Crippen LogP contribution in [0.1, 0.15) is 30.8 Å². The van der Waals surface area contributed by atoms with E-state index in [1.54, 1.807) is 0 Å². The van der Waals surface area contributed by atoms with E-state index in [0.717, 1.165) is 31.1 Å². The summed E-state index contributed by atoms with van der Waals surface area (Å²) in [5.74, 6) is 2.54. The maximum absolute atomic E-state index is 5.96. The third-order valence-electron chi connectivity index (χ3n) is 3.56. The third kappa shape index (κ3) is 2.13. The van der Waals surface area contributed by atoms with E-state index in [2.05, 4.69) is 22.5 Å². The van der Waals surface area contributed by atoms with Crippen molar-refractivity contribution in [3.63, 3.8) is 0 Å². The number of hydrogen-bond acceptors (Lipinski definition) is 3. The SMILES string of the molecule is NC1CCn2cc(CC3CCCS3)nc2C1. The molecule has 0 spiro atoms. The fourth-order valence-corrected chi connectivity index (χ4v) is 3.94. The van der Waals surface area contributed by atoms with Crippen LogP contribution in [0, 0.1) is 0 Å². The van der Waals surface area contributed by atoms with Crippen LogP contribution in [-0.2, 0) is 19.4 Å². The highest BCUT2D eigenvalue weighted by Crippen LogP contribution is 2.29. The van der Waals surface area contributed by atoms with Crippen molar-refractivity contribution in [2.45, 2.75) is 49.9 Å². The van der Waals surface area contributed by atoms with Crippen molar-refractivity contribution in [3.05, 3.63) is 17.7 Å². The van der Waals surface area contributed by atoms with Gasteiger partial charge < -0.3 is 10.3 Å². The summed E-state index contributed by atoms with van der Waals surface area (Å²) < 4.78 is 2.30. The lowest BCUT2D eigenvalue weighted by Gasteiger charge is -2.18. The molecular weight excluding hydrogens is 218 g/mol. The van der Waals surface area contributed by atoms with Gasteiger partial charge in [0, 0.05) is 36.9 Å². The summed E-state index contributed by atoms with van der Waals surface area (Å²) in [6, 6.07) is 0.323. The van der Waals surface area contributed by atoms with Crippen LogP contribution in [0.5, 0.6) is 0 Å². The van der Waals surface area contributed by atoms with Gasteiger partial charge in [0.15, 0.2) is 0 Å². The van der Waals surface area contributed by atoms with Gasteiger partial charge in [0.25, 0.3) is 0 Å². The average molecular weight is 237 g/mol. The Morgan fingerprint density at radius 1 is 1.50 bits per heavy atom. The first kappa shape index (κ1) is 10.7. The molecule has 0 bridgehead atoms. The van der Waals surface area contributed by atoms with Gasteiger partial charge in [-0.25, -0.2) is 4.98 Å². The monoisotopic (exact) mass is 237 g/mol. The lowest BCUT2D eigenvalue weighted by atomic mass is 10.1. The van der Waals surface area contributed by atoms with Crippen LogP contribution in [0.15, 0.2) is 6.20 Å². The van der Waals surface area contributed by atoms with Crippen LogP contribution < -0.4 is 5.73 Å². The molecular formula is C12H19N3S. The van der Waals surface area contributed by atoms with E-state index in [1.807, 2.05) is 0 Å². The normalized spacial score (nSPS) is 29.3. The van der Waals surface area contributed by atoms with Crippen LogP contribution in [0.4, 0.5) is 0 Å². The van der Waals surface area contributed by atoms with Crippen LogP contribution in [0.3, 0.4) is 0 Å². The lowest BCUT2D eigenvalue weighted by Crippen LogP contribution is -2.30. The summed E-state index contributed by atoms with van der Waals surface area (Å²) in [5, 5.41) is 0.811. The molecule has 0 saturated carbocycles. The molecule has 4 heteroatoms. The predicted octanol–water partition coefficient (Wildman–Crippen LogP) is 1.59. The number of hydrogen-bond donors (Lipinski definition) is 1. The van der Waals surface area contributed by atoms with Gasteiger partial charge in [-0.05, 0) is 25.0 Å². The molecule has 2 aliphatic rings. The molecule has 2 N–H and O–H groups in total. The Morgan fingerprint density at radius 2 is 2.44 bits per heavy atom. The molecule has 0 aromatic carbocycles. The first-order chi connectivity index (χ1) is 7.81. The quantitative estimate of drug-likeness (QED) is 0.849. The van der Waals surface area contributed by atoms with Crippen molar-refractivity contribution < 1.29 is 0 Å². The zero-order chi connectivity index (χ0) is 11.0. The standard InChI is InChI=1S/C12H19N3S/c13-9-3-4-15-8-10(14-12(15)6-9)7-11-2-1-5-16-11/h8-9,11H,1-7,13H2. The maximum atomic E-state index is 5.96. The number of thioether (sulfide) groups is 1. The summed E-state index contributed by atoms with van der Waals surface area (Å²) in [5.41, 5.74) is 7.25. The minimum Gasteiger partial charge on any atom is -0.335 e. The van der Waals surface area contributed by atoms with Gasteiger partial charge >= 0.3 is 0 Å². The van der Waals surface area contributed by atoms with E-state index in [0.29, 0.717) is 6.04 Å². The number of nitrogens with two attached hydrogens (primary N) is 1. The van der Waals surface area contributed by atoms with E-state index < -0.39 is 0 Å². The van der Waals surface area contributed by atoms with Crippen molar-refractivity contribution in [2.75, 3.05) is 5.75 Å². The number of aryl methyl sites for hydroxylation is 1. The van der Waals surface area contributed by atoms with E-state index in [-0.39, 0.29) is 0 Å². The first-order valence-electron chi connectivity index (χ1n) is 6.23. The molecule has 1 saturated heterocycles. The molecule has 88 valence electrons. The van der Waals surface area contributed by atoms with Gasteiger partial charge in [-0.15, -0.1) is 0 Å². The Labute approximate surface area is 101 Å². The van der Waals surface area contributed by atoms with Gasteiger partial charge in [0.05, 0.1) is 5.69 Å². The topological polar surface area (TPSA) is 43.8 Å². The molecule has 2 unspecified atom stereocenters. The zero-order valence-electron chi connectivity index (χ0n) is 9.56. The molecule has 16 heavy (non-hydrogen) atoms. The molecule has 2 aliphatic heterocycles. The number of rotatable bonds is 2. The average Bonchev–Trinajstić information content (AvgIpc) is 2.86. The smallest absolute Gasteiger partial charge is 0.110 e. The minimum atomic E-state index is 0.323. The van der Waals surface area contributed by atoms with Crippen LogP contribution in [-0.4, -0.2) is 26.6 Å². The number of nitrogens with zero attached hydrogens (tertiary/aromatic N) is 2. The highest BCUT2D eigenvalue weighted by molar-refractivity contribution is 8.00. The highest BCUT2D eigenvalue weighted by Gasteiger charge is 2.21. The summed E-state index contributed by atoms with van der Waals surface area (Å²) in [6.07, 6.45) is 8.21. The van der Waals surface area contributed by atoms with E-state index in [1.165, 1.54) is 30.1 Å². The molecule has 1 aromatic heterocycles. The number of imidazole rings is 1. The molecule has 1 aromatic rings. The molecule has 0 radical (unpaired) electrons. The van der Waals surface area contributed by atoms with Crippen molar-refractivity contribution in [1.29, 1.82) is 0 Å². The second-order valence-corrected chi connectivity index (χ2v) is 6.34. The van der Waals surface area contributed by atoms with E-state index in [9.17, 15) is 0 Å². The zero-order valence-corrected chi connectivity index (χ0v) is 10.4. The second kappa shape index (κ2) is 4.41. The van der Waals surface area contributed by atoms with Gasteiger partial charge in [-0.1, -0.05) is 0 Å². The van der Waals surface area contributed by atoms with E-state index >= 15 is 0 Å². The number of fused-ring (bicyclic) bond motifs is 1. The fraction of sp³-hybridized carbons (Fsp3) is 0.750. The Hall–Kier alpha value is -0.480. The largest absolute Gasteiger partial charge is 0.335 e. The summed E-state index contributed by atoms with van der Waals surface area (Å²) in [7, 11) is 0. The summed E-state index contributed by atoms with van der Waals surface area (Å²) in [4.78, 5) is 4.73.